The summed E-state index contributed by atoms with van der Waals surface area (Å²) in [5.74, 6) is 0.0303. The van der Waals surface area contributed by atoms with Gasteiger partial charge in [-0.25, -0.2) is 9.97 Å². The zero-order chi connectivity index (χ0) is 32.2. The van der Waals surface area contributed by atoms with E-state index in [0.717, 1.165) is 29.8 Å². The van der Waals surface area contributed by atoms with Crippen LogP contribution in [-0.4, -0.2) is 91.7 Å². The second-order valence-electron chi connectivity index (χ2n) is 9.73. The molecule has 0 radical (unpaired) electrons. The highest BCUT2D eigenvalue weighted by Crippen LogP contribution is 2.29. The van der Waals surface area contributed by atoms with Crippen molar-refractivity contribution in [1.29, 1.82) is 0 Å². The minimum Gasteiger partial charge on any atom is -0.481 e. The second-order valence-corrected chi connectivity index (χ2v) is 9.73. The van der Waals surface area contributed by atoms with Gasteiger partial charge in [0.15, 0.2) is 0 Å². The highest BCUT2D eigenvalue weighted by Gasteiger charge is 2.30. The predicted octanol–water partition coefficient (Wildman–Crippen LogP) is 2.66. The van der Waals surface area contributed by atoms with Crippen molar-refractivity contribution in [3.05, 3.63) is 76.6 Å². The Morgan fingerprint density at radius 3 is 1.77 bits per heavy atom. The molecule has 43 heavy (non-hydrogen) atoms. The third-order valence-corrected chi connectivity index (χ3v) is 5.81. The molecule has 0 atom stereocenters. The quantitative estimate of drug-likeness (QED) is 0.195. The number of benzene rings is 2. The zero-order valence-corrected chi connectivity index (χ0v) is 24.4. The van der Waals surface area contributed by atoms with Gasteiger partial charge in [-0.3, -0.25) is 9.59 Å². The first kappa shape index (κ1) is 34.9. The number of aliphatic hydroxyl groups is 2. The maximum absolute atomic E-state index is 12.7. The molecule has 0 saturated heterocycles. The largest absolute Gasteiger partial charge is 0.481 e. The first-order valence-corrected chi connectivity index (χ1v) is 13.2. The fourth-order valence-electron chi connectivity index (χ4n) is 3.82. The number of aliphatic hydroxyl groups excluding tert-OH is 2. The van der Waals surface area contributed by atoms with E-state index in [4.69, 9.17) is 10.2 Å². The smallest absolute Gasteiger partial charge is 0.416 e. The Balaban J connectivity index is 0.000000821. The van der Waals surface area contributed by atoms with Crippen molar-refractivity contribution in [1.82, 2.24) is 15.3 Å². The minimum atomic E-state index is -4.47. The Morgan fingerprint density at radius 1 is 0.837 bits per heavy atom. The summed E-state index contributed by atoms with van der Waals surface area (Å²) in [5, 5.41) is 31.1. The van der Waals surface area contributed by atoms with E-state index in [1.807, 2.05) is 0 Å². The van der Waals surface area contributed by atoms with Crippen molar-refractivity contribution in [2.75, 3.05) is 69.6 Å². The number of carboxylic acid groups (broad SMARTS) is 1. The van der Waals surface area contributed by atoms with Gasteiger partial charge < -0.3 is 35.8 Å². The number of rotatable bonds is 12. The maximum Gasteiger partial charge on any atom is 0.416 e. The first-order valence-electron chi connectivity index (χ1n) is 13.2. The summed E-state index contributed by atoms with van der Waals surface area (Å²) in [6.07, 6.45) is -4.32. The molecule has 0 aliphatic carbocycles. The van der Waals surface area contributed by atoms with Crippen LogP contribution in [0.25, 0.3) is 0 Å². The number of hydrogen-bond donors (Lipinski definition) is 5. The SMILES string of the molecule is CN(C)c1nc(Cc2ccc(NC(=O)c3ccc(C(F)(F)F)cc3)cc2)nc(N(C)C)c1CC(=O)O.OCCNCCO. The summed E-state index contributed by atoms with van der Waals surface area (Å²) >= 11 is 0. The van der Waals surface area contributed by atoms with Crippen LogP contribution in [0.5, 0.6) is 0 Å². The molecule has 1 amide bonds. The normalized spacial score (nSPS) is 10.9. The Kier molecular flexibility index (Phi) is 13.3. The number of nitrogens with one attached hydrogen (secondary N) is 2. The van der Waals surface area contributed by atoms with Gasteiger partial charge in [0, 0.05) is 64.5 Å². The summed E-state index contributed by atoms with van der Waals surface area (Å²) in [5.41, 5.74) is 1.13. The maximum atomic E-state index is 12.7. The number of amides is 1. The van der Waals surface area contributed by atoms with Crippen LogP contribution in [0.15, 0.2) is 48.5 Å². The van der Waals surface area contributed by atoms with Crippen molar-refractivity contribution in [3.8, 4) is 0 Å². The molecule has 0 aliphatic rings. The number of aromatic nitrogens is 2. The number of carbonyl (C=O) groups excluding carboxylic acids is 1. The van der Waals surface area contributed by atoms with Crippen LogP contribution in [0.1, 0.15) is 32.9 Å². The monoisotopic (exact) mass is 606 g/mol. The predicted molar refractivity (Wildman–Crippen MR) is 158 cm³/mol. The molecular weight excluding hydrogens is 569 g/mol. The topological polar surface area (TPSA) is 151 Å². The molecule has 14 heteroatoms. The Labute approximate surface area is 248 Å². The van der Waals surface area contributed by atoms with Crippen molar-refractivity contribution < 1.29 is 38.1 Å². The van der Waals surface area contributed by atoms with Crippen molar-refractivity contribution in [2.45, 2.75) is 19.0 Å². The Hall–Kier alpha value is -4.27. The average Bonchev–Trinajstić information content (AvgIpc) is 2.94. The molecule has 0 spiro atoms. The summed E-state index contributed by atoms with van der Waals surface area (Å²) in [6.45, 7) is 1.42. The fraction of sp³-hybridized carbons (Fsp3) is 0.379. The van der Waals surface area contributed by atoms with E-state index in [1.165, 1.54) is 0 Å². The second kappa shape index (κ2) is 16.4. The van der Waals surface area contributed by atoms with Crippen LogP contribution in [0.2, 0.25) is 0 Å². The number of hydrogen-bond acceptors (Lipinski definition) is 9. The third-order valence-electron chi connectivity index (χ3n) is 5.81. The van der Waals surface area contributed by atoms with Gasteiger partial charge in [0.1, 0.15) is 17.5 Å². The van der Waals surface area contributed by atoms with Gasteiger partial charge in [0.05, 0.1) is 25.2 Å². The van der Waals surface area contributed by atoms with Gasteiger partial charge >= 0.3 is 12.1 Å². The minimum absolute atomic E-state index is 0.106. The molecule has 3 rings (SSSR count). The molecule has 0 saturated carbocycles. The van der Waals surface area contributed by atoms with E-state index in [0.29, 0.717) is 48.2 Å². The van der Waals surface area contributed by atoms with E-state index in [9.17, 15) is 27.9 Å². The lowest BCUT2D eigenvalue weighted by molar-refractivity contribution is -0.138. The van der Waals surface area contributed by atoms with Gasteiger partial charge in [-0.15, -0.1) is 0 Å². The lowest BCUT2D eigenvalue weighted by Gasteiger charge is -2.22. The van der Waals surface area contributed by atoms with E-state index in [2.05, 4.69) is 20.6 Å². The molecule has 0 bridgehead atoms. The molecule has 2 aromatic carbocycles. The van der Waals surface area contributed by atoms with E-state index >= 15 is 0 Å². The van der Waals surface area contributed by atoms with Gasteiger partial charge in [-0.2, -0.15) is 13.2 Å². The Morgan fingerprint density at radius 2 is 1.35 bits per heavy atom. The molecule has 11 nitrogen and oxygen atoms in total. The van der Waals surface area contributed by atoms with Crippen molar-refractivity contribution in [3.63, 3.8) is 0 Å². The summed E-state index contributed by atoms with van der Waals surface area (Å²) in [7, 11) is 7.13. The third kappa shape index (κ3) is 11.1. The number of aliphatic carboxylic acids is 1. The summed E-state index contributed by atoms with van der Waals surface area (Å²) in [4.78, 5) is 36.4. The number of nitrogens with zero attached hydrogens (tertiary/aromatic N) is 4. The van der Waals surface area contributed by atoms with Gasteiger partial charge in [0.25, 0.3) is 5.91 Å². The van der Waals surface area contributed by atoms with Crippen LogP contribution in [-0.2, 0) is 23.8 Å². The number of anilines is 3. The average molecular weight is 607 g/mol. The number of alkyl halides is 3. The summed E-state index contributed by atoms with van der Waals surface area (Å²) in [6, 6.07) is 10.9. The van der Waals surface area contributed by atoms with Crippen LogP contribution >= 0.6 is 0 Å². The Bertz CT molecular complexity index is 1300. The van der Waals surface area contributed by atoms with Crippen molar-refractivity contribution in [2.24, 2.45) is 0 Å². The molecular formula is C29H37F3N6O5. The van der Waals surface area contributed by atoms with Gasteiger partial charge in [-0.1, -0.05) is 12.1 Å². The van der Waals surface area contributed by atoms with Crippen LogP contribution in [0.3, 0.4) is 0 Å². The van der Waals surface area contributed by atoms with E-state index in [-0.39, 0.29) is 25.2 Å². The summed E-state index contributed by atoms with van der Waals surface area (Å²) < 4.78 is 38.1. The molecule has 0 aliphatic heterocycles. The lowest BCUT2D eigenvalue weighted by atomic mass is 10.1. The van der Waals surface area contributed by atoms with E-state index in [1.54, 1.807) is 62.3 Å². The molecule has 0 fully saturated rings. The molecule has 1 heterocycles. The highest BCUT2D eigenvalue weighted by atomic mass is 19.4. The number of carboxylic acids is 1. The van der Waals surface area contributed by atoms with Crippen LogP contribution in [0.4, 0.5) is 30.5 Å². The number of halogens is 3. The standard InChI is InChI=1S/C25H26F3N5O3.C4H11NO2/c1-32(2)22-19(14-21(34)35)23(33(3)4)31-20(30-22)13-15-5-11-18(12-6-15)29-24(36)16-7-9-17(10-8-16)25(26,27)28;6-3-1-5-2-4-7/h5-12H,13-14H2,1-4H3,(H,29,36)(H,34,35);5-7H,1-4H2. The number of carbonyl (C=O) groups is 2. The molecule has 3 aromatic rings. The molecule has 234 valence electrons. The highest BCUT2D eigenvalue weighted by molar-refractivity contribution is 6.04. The fourth-order valence-corrected chi connectivity index (χ4v) is 3.82. The first-order chi connectivity index (χ1) is 20.3. The molecule has 5 N–H and O–H groups in total. The van der Waals surface area contributed by atoms with Crippen LogP contribution in [0, 0.1) is 0 Å². The van der Waals surface area contributed by atoms with Gasteiger partial charge in [0.2, 0.25) is 0 Å². The molecule has 1 aromatic heterocycles. The molecule has 0 unspecified atom stereocenters. The zero-order valence-electron chi connectivity index (χ0n) is 24.4. The lowest BCUT2D eigenvalue weighted by Crippen LogP contribution is -2.22. The van der Waals surface area contributed by atoms with Gasteiger partial charge in [-0.05, 0) is 42.0 Å². The van der Waals surface area contributed by atoms with Crippen LogP contribution < -0.4 is 20.4 Å². The van der Waals surface area contributed by atoms with Crippen molar-refractivity contribution >= 4 is 29.2 Å². The van der Waals surface area contributed by atoms with E-state index < -0.39 is 23.6 Å².